The molecule has 24 heavy (non-hydrogen) atoms. The Labute approximate surface area is 143 Å². The van der Waals surface area contributed by atoms with Gasteiger partial charge in [-0.15, -0.1) is 6.42 Å². The molecule has 0 bridgehead atoms. The van der Waals surface area contributed by atoms with Crippen LogP contribution in [0.1, 0.15) is 37.7 Å². The number of benzene rings is 1. The van der Waals surface area contributed by atoms with Gasteiger partial charge in [0.25, 0.3) is 0 Å². The fraction of sp³-hybridized carbons (Fsp3) is 0.474. The molecule has 5 heteroatoms. The van der Waals surface area contributed by atoms with Gasteiger partial charge in [0.15, 0.2) is 0 Å². The molecule has 1 aromatic rings. The summed E-state index contributed by atoms with van der Waals surface area (Å²) >= 11 is 0. The number of nitrogens with zero attached hydrogens (tertiary/aromatic N) is 1. The summed E-state index contributed by atoms with van der Waals surface area (Å²) < 4.78 is 0. The van der Waals surface area contributed by atoms with Gasteiger partial charge in [0.2, 0.25) is 11.8 Å². The summed E-state index contributed by atoms with van der Waals surface area (Å²) in [5, 5.41) is 13.1. The van der Waals surface area contributed by atoms with Gasteiger partial charge in [-0.2, -0.15) is 0 Å². The van der Waals surface area contributed by atoms with Crippen LogP contribution in [0.3, 0.4) is 0 Å². The fourth-order valence-electron chi connectivity index (χ4n) is 3.04. The van der Waals surface area contributed by atoms with E-state index in [-0.39, 0.29) is 25.4 Å². The van der Waals surface area contributed by atoms with Crippen molar-refractivity contribution < 1.29 is 14.7 Å². The van der Waals surface area contributed by atoms with Gasteiger partial charge in [0.05, 0.1) is 12.1 Å². The van der Waals surface area contributed by atoms with Crippen molar-refractivity contribution in [2.45, 2.75) is 44.2 Å². The number of terminal acetylenes is 1. The number of carbonyl (C=O) groups excluding carboxylic acids is 2. The number of hydrogen-bond acceptors (Lipinski definition) is 3. The third-order valence-corrected chi connectivity index (χ3v) is 4.29. The Morgan fingerprint density at radius 1 is 1.25 bits per heavy atom. The molecule has 2 N–H and O–H groups in total. The van der Waals surface area contributed by atoms with E-state index in [1.807, 2.05) is 30.3 Å². The first-order valence-corrected chi connectivity index (χ1v) is 8.27. The van der Waals surface area contributed by atoms with Crippen molar-refractivity contribution in [3.8, 4) is 12.3 Å². The second-order valence-electron chi connectivity index (χ2n) is 6.32. The van der Waals surface area contributed by atoms with E-state index in [4.69, 9.17) is 6.42 Å². The standard InChI is InChI=1S/C19H24N2O3/c1-2-12-20-17(22)13-18(23)21(14-16-8-4-3-5-9-16)15-19(24)10-6-7-11-19/h1,3-5,8-9,24H,6-7,10-15H2,(H,20,22). The molecule has 2 rings (SSSR count). The minimum absolute atomic E-state index is 0.106. The molecule has 0 atom stereocenters. The second kappa shape index (κ2) is 8.51. The van der Waals surface area contributed by atoms with Crippen LogP contribution >= 0.6 is 0 Å². The third kappa shape index (κ3) is 5.39. The van der Waals surface area contributed by atoms with Crippen LogP contribution in [0, 0.1) is 12.3 Å². The monoisotopic (exact) mass is 328 g/mol. The van der Waals surface area contributed by atoms with E-state index in [1.54, 1.807) is 4.90 Å². The molecule has 0 radical (unpaired) electrons. The van der Waals surface area contributed by atoms with E-state index in [9.17, 15) is 14.7 Å². The average molecular weight is 328 g/mol. The molecule has 1 aromatic carbocycles. The zero-order valence-electron chi connectivity index (χ0n) is 13.8. The maximum absolute atomic E-state index is 12.6. The van der Waals surface area contributed by atoms with Crippen molar-refractivity contribution >= 4 is 11.8 Å². The van der Waals surface area contributed by atoms with Gasteiger partial charge < -0.3 is 15.3 Å². The van der Waals surface area contributed by atoms with E-state index in [0.717, 1.165) is 18.4 Å². The maximum atomic E-state index is 12.6. The summed E-state index contributed by atoms with van der Waals surface area (Å²) in [6.45, 7) is 0.738. The Morgan fingerprint density at radius 2 is 1.92 bits per heavy atom. The smallest absolute Gasteiger partial charge is 0.232 e. The Morgan fingerprint density at radius 3 is 2.54 bits per heavy atom. The Bertz CT molecular complexity index is 601. The topological polar surface area (TPSA) is 69.6 Å². The highest BCUT2D eigenvalue weighted by molar-refractivity contribution is 5.97. The van der Waals surface area contributed by atoms with E-state index >= 15 is 0 Å². The van der Waals surface area contributed by atoms with Crippen LogP contribution in [0.4, 0.5) is 0 Å². The lowest BCUT2D eigenvalue weighted by atomic mass is 10.0. The van der Waals surface area contributed by atoms with Gasteiger partial charge in [-0.3, -0.25) is 9.59 Å². The van der Waals surface area contributed by atoms with Crippen LogP contribution in [-0.4, -0.2) is 40.5 Å². The third-order valence-electron chi connectivity index (χ3n) is 4.29. The lowest BCUT2D eigenvalue weighted by Gasteiger charge is -2.31. The van der Waals surface area contributed by atoms with Gasteiger partial charge in [-0.25, -0.2) is 0 Å². The largest absolute Gasteiger partial charge is 0.388 e. The highest BCUT2D eigenvalue weighted by Crippen LogP contribution is 2.30. The van der Waals surface area contributed by atoms with Crippen molar-refractivity contribution in [1.29, 1.82) is 0 Å². The van der Waals surface area contributed by atoms with E-state index in [0.29, 0.717) is 19.4 Å². The molecule has 0 unspecified atom stereocenters. The molecular formula is C19H24N2O3. The van der Waals surface area contributed by atoms with E-state index < -0.39 is 11.5 Å². The van der Waals surface area contributed by atoms with E-state index in [2.05, 4.69) is 11.2 Å². The molecule has 128 valence electrons. The van der Waals surface area contributed by atoms with Crippen LogP contribution in [0.25, 0.3) is 0 Å². The van der Waals surface area contributed by atoms with Crippen LogP contribution in [0.15, 0.2) is 30.3 Å². The molecule has 2 amide bonds. The van der Waals surface area contributed by atoms with Gasteiger partial charge in [-0.05, 0) is 18.4 Å². The Hall–Kier alpha value is -2.32. The number of nitrogens with one attached hydrogen (secondary N) is 1. The first-order chi connectivity index (χ1) is 11.5. The summed E-state index contributed by atoms with van der Waals surface area (Å²) in [4.78, 5) is 25.9. The fourth-order valence-corrected chi connectivity index (χ4v) is 3.04. The molecule has 1 fully saturated rings. The number of aliphatic hydroxyl groups is 1. The first-order valence-electron chi connectivity index (χ1n) is 8.27. The zero-order chi connectivity index (χ0) is 17.4. The summed E-state index contributed by atoms with van der Waals surface area (Å²) in [5.74, 6) is 1.62. The van der Waals surface area contributed by atoms with Gasteiger partial charge in [0.1, 0.15) is 6.42 Å². The molecule has 0 spiro atoms. The predicted molar refractivity (Wildman–Crippen MR) is 91.7 cm³/mol. The maximum Gasteiger partial charge on any atom is 0.232 e. The molecular weight excluding hydrogens is 304 g/mol. The SMILES string of the molecule is C#CCNC(=O)CC(=O)N(Cc1ccccc1)CC1(O)CCCC1. The minimum atomic E-state index is -0.847. The normalized spacial score (nSPS) is 15.5. The highest BCUT2D eigenvalue weighted by atomic mass is 16.3. The summed E-state index contributed by atoms with van der Waals surface area (Å²) in [6.07, 6.45) is 8.15. The lowest BCUT2D eigenvalue weighted by Crippen LogP contribution is -2.45. The van der Waals surface area contributed by atoms with Gasteiger partial charge in [-0.1, -0.05) is 49.1 Å². The van der Waals surface area contributed by atoms with Crippen molar-refractivity contribution in [2.24, 2.45) is 0 Å². The number of amides is 2. The quantitative estimate of drug-likeness (QED) is 0.588. The molecule has 5 nitrogen and oxygen atoms in total. The molecule has 0 aromatic heterocycles. The average Bonchev–Trinajstić information content (AvgIpc) is 2.99. The van der Waals surface area contributed by atoms with Crippen molar-refractivity contribution in [3.63, 3.8) is 0 Å². The van der Waals surface area contributed by atoms with Gasteiger partial charge >= 0.3 is 0 Å². The second-order valence-corrected chi connectivity index (χ2v) is 6.32. The van der Waals surface area contributed by atoms with E-state index in [1.165, 1.54) is 0 Å². The van der Waals surface area contributed by atoms with Gasteiger partial charge in [0, 0.05) is 13.1 Å². The highest BCUT2D eigenvalue weighted by Gasteiger charge is 2.34. The molecule has 0 saturated heterocycles. The summed E-state index contributed by atoms with van der Waals surface area (Å²) in [5.41, 5.74) is 0.121. The van der Waals surface area contributed by atoms with Crippen LogP contribution in [0.5, 0.6) is 0 Å². The minimum Gasteiger partial charge on any atom is -0.388 e. The Kier molecular flexibility index (Phi) is 6.39. The van der Waals surface area contributed by atoms with Crippen molar-refractivity contribution in [3.05, 3.63) is 35.9 Å². The van der Waals surface area contributed by atoms with Crippen molar-refractivity contribution in [2.75, 3.05) is 13.1 Å². The number of carbonyl (C=O) groups is 2. The van der Waals surface area contributed by atoms with Crippen molar-refractivity contribution in [1.82, 2.24) is 10.2 Å². The molecule has 1 saturated carbocycles. The molecule has 1 aliphatic rings. The molecule has 0 heterocycles. The predicted octanol–water partition coefficient (Wildman–Crippen LogP) is 1.46. The Balaban J connectivity index is 2.05. The lowest BCUT2D eigenvalue weighted by molar-refractivity contribution is -0.139. The first kappa shape index (κ1) is 18.0. The van der Waals surface area contributed by atoms with Crippen LogP contribution < -0.4 is 5.32 Å². The summed E-state index contributed by atoms with van der Waals surface area (Å²) in [6, 6.07) is 9.58. The van der Waals surface area contributed by atoms with Crippen LogP contribution in [0.2, 0.25) is 0 Å². The molecule has 1 aliphatic carbocycles. The zero-order valence-corrected chi connectivity index (χ0v) is 13.8. The summed E-state index contributed by atoms with van der Waals surface area (Å²) in [7, 11) is 0. The number of rotatable bonds is 7. The van der Waals surface area contributed by atoms with Crippen LogP contribution in [-0.2, 0) is 16.1 Å². The molecule has 0 aliphatic heterocycles. The number of hydrogen-bond donors (Lipinski definition) is 2.